The van der Waals surface area contributed by atoms with E-state index >= 15 is 0 Å². The minimum Gasteiger partial charge on any atom is -0.394 e. The van der Waals surface area contributed by atoms with Gasteiger partial charge in [-0.05, 0) is 0 Å². The van der Waals surface area contributed by atoms with E-state index in [0.29, 0.717) is 11.2 Å². The van der Waals surface area contributed by atoms with Crippen molar-refractivity contribution in [3.63, 3.8) is 0 Å². The van der Waals surface area contributed by atoms with Gasteiger partial charge in [0, 0.05) is 0 Å². The molecule has 0 aromatic carbocycles. The van der Waals surface area contributed by atoms with Gasteiger partial charge in [-0.3, -0.25) is 18.9 Å². The minimum absolute atomic E-state index is 0.0134. The Bertz CT molecular complexity index is 1580. The molecule has 0 aliphatic carbocycles. The normalized spacial score (nSPS) is 30.6. The Kier molecular flexibility index (Phi) is 6.80. The number of aromatic amines is 1. The summed E-state index contributed by atoms with van der Waals surface area (Å²) in [6, 6.07) is 0. The molecule has 2 aliphatic rings. The molecular formula is C21H26N10O9. The topological polar surface area (TPSA) is 277 Å². The van der Waals surface area contributed by atoms with Gasteiger partial charge in [0.1, 0.15) is 55.3 Å². The number of anilines is 2. The fourth-order valence-electron chi connectivity index (χ4n) is 4.85. The number of aliphatic hydroxyl groups is 4. The second-order valence-electron chi connectivity index (χ2n) is 9.26. The average molecular weight is 563 g/mol. The van der Waals surface area contributed by atoms with Crippen LogP contribution < -0.4 is 17.0 Å². The fraction of sp³-hybridized carbons (Fsp3) is 0.524. The fourth-order valence-corrected chi connectivity index (χ4v) is 4.85. The van der Waals surface area contributed by atoms with Crippen LogP contribution in [-0.2, 0) is 18.9 Å². The third kappa shape index (κ3) is 4.33. The highest BCUT2D eigenvalue weighted by atomic mass is 16.7. The van der Waals surface area contributed by atoms with Gasteiger partial charge in [0.2, 0.25) is 5.95 Å². The van der Waals surface area contributed by atoms with Crippen molar-refractivity contribution in [3.8, 4) is 0 Å². The van der Waals surface area contributed by atoms with Gasteiger partial charge >= 0.3 is 0 Å². The first-order valence-electron chi connectivity index (χ1n) is 12.1. The molecule has 40 heavy (non-hydrogen) atoms. The quantitative estimate of drug-likeness (QED) is 0.0805. The Hall–Kier alpha value is -3.82. The second kappa shape index (κ2) is 10.3. The molecule has 0 bridgehead atoms. The summed E-state index contributed by atoms with van der Waals surface area (Å²) in [6.07, 6.45) is -5.12. The van der Waals surface area contributed by atoms with Crippen LogP contribution in [0.3, 0.4) is 0 Å². The number of aromatic nitrogens is 8. The number of H-pyrrole nitrogens is 1. The molecule has 19 nitrogen and oxygen atoms in total. The number of nitrogens with two attached hydrogens (primary N) is 2. The van der Waals surface area contributed by atoms with Crippen LogP contribution in [-0.4, -0.2) is 116 Å². The van der Waals surface area contributed by atoms with Crippen molar-refractivity contribution in [1.29, 1.82) is 0 Å². The zero-order chi connectivity index (χ0) is 28.1. The molecule has 19 heteroatoms. The van der Waals surface area contributed by atoms with Crippen LogP contribution >= 0.6 is 0 Å². The number of hydrogen-bond acceptors (Lipinski definition) is 16. The molecule has 214 valence electrons. The summed E-state index contributed by atoms with van der Waals surface area (Å²) in [6.45, 7) is -1.07. The van der Waals surface area contributed by atoms with Gasteiger partial charge in [0.05, 0.1) is 25.9 Å². The molecule has 0 amide bonds. The monoisotopic (exact) mass is 562 g/mol. The molecule has 0 saturated carbocycles. The van der Waals surface area contributed by atoms with Crippen LogP contribution in [0.25, 0.3) is 22.3 Å². The molecule has 4 aromatic heterocycles. The SMILES string of the molecule is Nc1nc2c(ncn2[C@@H]2O[C@H](COCO[C@@H]3[C@H](O)[C@@H](CO)O[C@H]3n3cnc4c(N)ncnc43)[C@@H](O)[C@H]2O)c(=O)[nH]1. The molecule has 0 spiro atoms. The third-order valence-electron chi connectivity index (χ3n) is 6.84. The van der Waals surface area contributed by atoms with Crippen LogP contribution in [0.5, 0.6) is 0 Å². The van der Waals surface area contributed by atoms with Gasteiger partial charge in [-0.2, -0.15) is 4.98 Å². The number of fused-ring (bicyclic) bond motifs is 2. The molecule has 2 fully saturated rings. The van der Waals surface area contributed by atoms with E-state index in [4.69, 9.17) is 30.4 Å². The molecule has 6 rings (SSSR count). The highest BCUT2D eigenvalue weighted by Crippen LogP contribution is 2.34. The number of aliphatic hydroxyl groups excluding tert-OH is 4. The van der Waals surface area contributed by atoms with Gasteiger partial charge < -0.3 is 50.8 Å². The number of imidazole rings is 2. The first-order valence-corrected chi connectivity index (χ1v) is 12.1. The smallest absolute Gasteiger partial charge is 0.280 e. The zero-order valence-corrected chi connectivity index (χ0v) is 20.6. The molecule has 0 unspecified atom stereocenters. The van der Waals surface area contributed by atoms with Crippen LogP contribution in [0.1, 0.15) is 12.5 Å². The molecule has 0 radical (unpaired) electrons. The zero-order valence-electron chi connectivity index (χ0n) is 20.6. The lowest BCUT2D eigenvalue weighted by Crippen LogP contribution is -2.37. The average Bonchev–Trinajstić information content (AvgIpc) is 3.68. The van der Waals surface area contributed by atoms with E-state index in [2.05, 4.69) is 29.9 Å². The lowest BCUT2D eigenvalue weighted by Gasteiger charge is -2.22. The lowest BCUT2D eigenvalue weighted by atomic mass is 10.1. The minimum atomic E-state index is -1.40. The molecule has 2 aliphatic heterocycles. The summed E-state index contributed by atoms with van der Waals surface area (Å²) in [5.41, 5.74) is 11.6. The summed E-state index contributed by atoms with van der Waals surface area (Å²) < 4.78 is 25.7. The van der Waals surface area contributed by atoms with Crippen LogP contribution in [0.15, 0.2) is 23.8 Å². The Labute approximate surface area is 222 Å². The van der Waals surface area contributed by atoms with Crippen molar-refractivity contribution in [2.45, 2.75) is 49.1 Å². The summed E-state index contributed by atoms with van der Waals surface area (Å²) in [5.74, 6) is 0.0101. The highest BCUT2D eigenvalue weighted by Gasteiger charge is 2.47. The number of hydrogen-bond donors (Lipinski definition) is 7. The Morgan fingerprint density at radius 1 is 0.925 bits per heavy atom. The first-order chi connectivity index (χ1) is 19.3. The van der Waals surface area contributed by atoms with Crippen LogP contribution in [0, 0.1) is 0 Å². The van der Waals surface area contributed by atoms with Crippen molar-refractivity contribution in [2.24, 2.45) is 0 Å². The van der Waals surface area contributed by atoms with Gasteiger partial charge in [-0.15, -0.1) is 0 Å². The van der Waals surface area contributed by atoms with Gasteiger partial charge in [0.25, 0.3) is 5.56 Å². The first kappa shape index (κ1) is 26.4. The Balaban J connectivity index is 1.12. The predicted octanol–water partition coefficient (Wildman–Crippen LogP) is -3.65. The van der Waals surface area contributed by atoms with Crippen molar-refractivity contribution >= 4 is 34.1 Å². The Morgan fingerprint density at radius 3 is 2.42 bits per heavy atom. The largest absolute Gasteiger partial charge is 0.394 e. The maximum Gasteiger partial charge on any atom is 0.280 e. The predicted molar refractivity (Wildman–Crippen MR) is 131 cm³/mol. The van der Waals surface area contributed by atoms with Crippen molar-refractivity contribution < 1.29 is 39.4 Å². The van der Waals surface area contributed by atoms with Crippen molar-refractivity contribution in [3.05, 3.63) is 29.3 Å². The van der Waals surface area contributed by atoms with E-state index in [1.165, 1.54) is 28.1 Å². The second-order valence-corrected chi connectivity index (χ2v) is 9.26. The number of nitrogens with one attached hydrogen (secondary N) is 1. The van der Waals surface area contributed by atoms with Crippen LogP contribution in [0.2, 0.25) is 0 Å². The maximum absolute atomic E-state index is 12.1. The molecule has 9 N–H and O–H groups in total. The van der Waals surface area contributed by atoms with E-state index in [9.17, 15) is 25.2 Å². The van der Waals surface area contributed by atoms with Gasteiger partial charge in [0.15, 0.2) is 35.1 Å². The van der Waals surface area contributed by atoms with Crippen molar-refractivity contribution in [1.82, 2.24) is 39.0 Å². The van der Waals surface area contributed by atoms with Gasteiger partial charge in [-0.1, -0.05) is 0 Å². The third-order valence-corrected chi connectivity index (χ3v) is 6.84. The highest BCUT2D eigenvalue weighted by molar-refractivity contribution is 5.81. The number of rotatable bonds is 8. The molecule has 8 atom stereocenters. The van der Waals surface area contributed by atoms with E-state index in [0.717, 1.165) is 0 Å². The van der Waals surface area contributed by atoms with E-state index in [1.807, 2.05) is 0 Å². The summed E-state index contributed by atoms with van der Waals surface area (Å²) in [7, 11) is 0. The summed E-state index contributed by atoms with van der Waals surface area (Å²) in [5, 5.41) is 41.5. The number of nitrogens with zero attached hydrogens (tertiary/aromatic N) is 7. The van der Waals surface area contributed by atoms with Crippen molar-refractivity contribution in [2.75, 3.05) is 31.5 Å². The number of ether oxygens (including phenoxy) is 4. The molecule has 4 aromatic rings. The van der Waals surface area contributed by atoms with Gasteiger partial charge in [-0.25, -0.2) is 19.9 Å². The molecule has 6 heterocycles. The molecular weight excluding hydrogens is 536 g/mol. The van der Waals surface area contributed by atoms with E-state index < -0.39 is 61.2 Å². The van der Waals surface area contributed by atoms with E-state index in [1.54, 1.807) is 0 Å². The summed E-state index contributed by atoms with van der Waals surface area (Å²) >= 11 is 0. The Morgan fingerprint density at radius 2 is 1.65 bits per heavy atom. The standard InChI is InChI=1S/C21H26N10O9/c22-15-9-16(25-3-24-15)30(4-26-9)20-14(12(34)7(1-32)39-20)38-6-37-2-8-11(33)13(35)19(40-8)31-5-27-10-17(31)28-21(23)29-18(10)36/h3-5,7-8,11-14,19-20,32-35H,1-2,6H2,(H2,22,24,25)(H3,23,28,29,36)/t7-,8-,11-,12-,13-,14-,19-,20-/m1/s1. The number of nitrogen functional groups attached to an aromatic ring is 2. The van der Waals surface area contributed by atoms with Crippen LogP contribution in [0.4, 0.5) is 11.8 Å². The van der Waals surface area contributed by atoms with E-state index in [-0.39, 0.29) is 36.3 Å². The summed E-state index contributed by atoms with van der Waals surface area (Å²) in [4.78, 5) is 34.7. The molecule has 2 saturated heterocycles. The lowest BCUT2D eigenvalue weighted by molar-refractivity contribution is -0.157. The maximum atomic E-state index is 12.1.